The highest BCUT2D eigenvalue weighted by Crippen LogP contribution is 2.20. The molecule has 1 aromatic carbocycles. The van der Waals surface area contributed by atoms with Crippen LogP contribution in [0.1, 0.15) is 10.4 Å². The molecule has 2 aromatic rings. The van der Waals surface area contributed by atoms with Gasteiger partial charge in [-0.05, 0) is 23.6 Å². The maximum Gasteiger partial charge on any atom is 0.406 e. The average molecular weight is 282 g/mol. The number of benzene rings is 1. The summed E-state index contributed by atoms with van der Waals surface area (Å²) in [5, 5.41) is 0.896. The molecule has 0 unspecified atom stereocenters. The van der Waals surface area contributed by atoms with Crippen LogP contribution in [0.15, 0.2) is 43.1 Å². The molecule has 0 saturated carbocycles. The third kappa shape index (κ3) is 3.20. The van der Waals surface area contributed by atoms with Crippen molar-refractivity contribution in [2.45, 2.75) is 6.18 Å². The van der Waals surface area contributed by atoms with E-state index in [0.717, 1.165) is 10.3 Å². The zero-order chi connectivity index (χ0) is 14.8. The van der Waals surface area contributed by atoms with Gasteiger partial charge in [0.2, 0.25) is 0 Å². The van der Waals surface area contributed by atoms with Gasteiger partial charge < -0.3 is 9.88 Å². The summed E-state index contributed by atoms with van der Waals surface area (Å²) in [5.74, 6) is -0.668. The molecule has 0 bridgehead atoms. The Morgan fingerprint density at radius 1 is 1.35 bits per heavy atom. The molecule has 0 aliphatic heterocycles. The Hall–Kier alpha value is -2.24. The number of aromatic nitrogens is 1. The van der Waals surface area contributed by atoms with Crippen molar-refractivity contribution in [2.24, 2.45) is 0 Å². The Morgan fingerprint density at radius 3 is 2.75 bits per heavy atom. The summed E-state index contributed by atoms with van der Waals surface area (Å²) in [4.78, 5) is 15.8. The minimum Gasteiger partial charge on any atom is -0.361 e. The maximum atomic E-state index is 12.5. The van der Waals surface area contributed by atoms with E-state index in [1.807, 2.05) is 6.07 Å². The van der Waals surface area contributed by atoms with Crippen molar-refractivity contribution in [1.82, 2.24) is 9.88 Å². The molecule has 0 aliphatic rings. The van der Waals surface area contributed by atoms with Gasteiger partial charge in [0.15, 0.2) is 0 Å². The number of hydrogen-bond acceptors (Lipinski definition) is 1. The van der Waals surface area contributed by atoms with Gasteiger partial charge in [0, 0.05) is 23.8 Å². The third-order valence-electron chi connectivity index (χ3n) is 2.81. The summed E-state index contributed by atoms with van der Waals surface area (Å²) in [7, 11) is 0. The molecule has 1 heterocycles. The molecule has 0 atom stereocenters. The molecule has 106 valence electrons. The fraction of sp³-hybridized carbons (Fsp3) is 0.214. The first-order valence-electron chi connectivity index (χ1n) is 5.95. The molecule has 0 saturated heterocycles. The Bertz CT molecular complexity index is 631. The maximum absolute atomic E-state index is 12.5. The zero-order valence-corrected chi connectivity index (χ0v) is 10.6. The number of amides is 1. The van der Waals surface area contributed by atoms with Crippen LogP contribution in [0, 0.1) is 0 Å². The van der Waals surface area contributed by atoms with E-state index in [-0.39, 0.29) is 12.1 Å². The van der Waals surface area contributed by atoms with Gasteiger partial charge in [0.1, 0.15) is 6.54 Å². The smallest absolute Gasteiger partial charge is 0.361 e. The van der Waals surface area contributed by atoms with Crippen LogP contribution in [0.5, 0.6) is 0 Å². The van der Waals surface area contributed by atoms with E-state index in [1.54, 1.807) is 18.3 Å². The van der Waals surface area contributed by atoms with Gasteiger partial charge in [-0.1, -0.05) is 12.1 Å². The number of H-pyrrole nitrogens is 1. The monoisotopic (exact) mass is 282 g/mol. The summed E-state index contributed by atoms with van der Waals surface area (Å²) >= 11 is 0. The fourth-order valence-electron chi connectivity index (χ4n) is 1.95. The lowest BCUT2D eigenvalue weighted by Gasteiger charge is -2.22. The topological polar surface area (TPSA) is 36.1 Å². The van der Waals surface area contributed by atoms with Gasteiger partial charge in [-0.15, -0.1) is 6.58 Å². The predicted molar refractivity (Wildman–Crippen MR) is 70.5 cm³/mol. The van der Waals surface area contributed by atoms with Crippen LogP contribution in [0.25, 0.3) is 10.9 Å². The fourth-order valence-corrected chi connectivity index (χ4v) is 1.95. The molecule has 20 heavy (non-hydrogen) atoms. The number of fused-ring (bicyclic) bond motifs is 1. The zero-order valence-electron chi connectivity index (χ0n) is 10.6. The Labute approximate surface area is 113 Å². The summed E-state index contributed by atoms with van der Waals surface area (Å²) in [6.07, 6.45) is -1.46. The molecule has 2 rings (SSSR count). The minimum atomic E-state index is -4.44. The number of carbonyl (C=O) groups is 1. The highest BCUT2D eigenvalue weighted by atomic mass is 19.4. The van der Waals surface area contributed by atoms with Crippen LogP contribution < -0.4 is 0 Å². The molecular weight excluding hydrogens is 269 g/mol. The van der Waals surface area contributed by atoms with Gasteiger partial charge in [0.05, 0.1) is 0 Å². The van der Waals surface area contributed by atoms with Crippen molar-refractivity contribution in [1.29, 1.82) is 0 Å². The summed E-state index contributed by atoms with van der Waals surface area (Å²) in [6.45, 7) is 1.94. The number of rotatable bonds is 4. The highest BCUT2D eigenvalue weighted by molar-refractivity contribution is 5.98. The van der Waals surface area contributed by atoms with E-state index >= 15 is 0 Å². The van der Waals surface area contributed by atoms with E-state index in [1.165, 1.54) is 12.1 Å². The number of nitrogens with zero attached hydrogens (tertiary/aromatic N) is 1. The van der Waals surface area contributed by atoms with Crippen molar-refractivity contribution < 1.29 is 18.0 Å². The van der Waals surface area contributed by atoms with Gasteiger partial charge >= 0.3 is 6.18 Å². The summed E-state index contributed by atoms with van der Waals surface area (Å²) < 4.78 is 37.4. The SMILES string of the molecule is C=CCN(CC(F)(F)F)C(=O)c1ccc2cc[nH]c2c1. The van der Waals surface area contributed by atoms with Crippen molar-refractivity contribution in [3.63, 3.8) is 0 Å². The molecular formula is C14H13F3N2O. The number of hydrogen-bond donors (Lipinski definition) is 1. The Balaban J connectivity index is 2.27. The lowest BCUT2D eigenvalue weighted by molar-refractivity contribution is -0.139. The van der Waals surface area contributed by atoms with Crippen LogP contribution in [-0.4, -0.2) is 35.1 Å². The Kier molecular flexibility index (Phi) is 3.83. The molecule has 0 radical (unpaired) electrons. The second-order valence-corrected chi connectivity index (χ2v) is 4.37. The first kappa shape index (κ1) is 14.2. The predicted octanol–water partition coefficient (Wildman–Crippen LogP) is 3.36. The van der Waals surface area contributed by atoms with Gasteiger partial charge in [-0.3, -0.25) is 4.79 Å². The lowest BCUT2D eigenvalue weighted by Crippen LogP contribution is -2.39. The second kappa shape index (κ2) is 5.40. The van der Waals surface area contributed by atoms with Gasteiger partial charge in [0.25, 0.3) is 5.91 Å². The molecule has 0 fully saturated rings. The second-order valence-electron chi connectivity index (χ2n) is 4.37. The third-order valence-corrected chi connectivity index (χ3v) is 2.81. The molecule has 0 spiro atoms. The number of carbonyl (C=O) groups excluding carboxylic acids is 1. The van der Waals surface area contributed by atoms with Crippen LogP contribution in [0.2, 0.25) is 0 Å². The quantitative estimate of drug-likeness (QED) is 0.858. The average Bonchev–Trinajstić information content (AvgIpc) is 2.83. The van der Waals surface area contributed by atoms with Crippen LogP contribution >= 0.6 is 0 Å². The normalized spacial score (nSPS) is 11.6. The van der Waals surface area contributed by atoms with E-state index in [0.29, 0.717) is 5.52 Å². The van der Waals surface area contributed by atoms with Crippen molar-refractivity contribution in [2.75, 3.05) is 13.1 Å². The lowest BCUT2D eigenvalue weighted by atomic mass is 10.1. The van der Waals surface area contributed by atoms with Crippen LogP contribution in [-0.2, 0) is 0 Å². The van der Waals surface area contributed by atoms with E-state index < -0.39 is 18.6 Å². The van der Waals surface area contributed by atoms with Crippen LogP contribution in [0.4, 0.5) is 13.2 Å². The minimum absolute atomic E-state index is 0.152. The van der Waals surface area contributed by atoms with Crippen molar-refractivity contribution >= 4 is 16.8 Å². The molecule has 0 aliphatic carbocycles. The molecule has 1 amide bonds. The van der Waals surface area contributed by atoms with E-state index in [9.17, 15) is 18.0 Å². The first-order chi connectivity index (χ1) is 9.40. The van der Waals surface area contributed by atoms with E-state index in [4.69, 9.17) is 0 Å². The number of aromatic amines is 1. The Morgan fingerprint density at radius 2 is 2.10 bits per heavy atom. The standard InChI is InChI=1S/C14H13F3N2O/c1-2-7-19(9-14(15,16)17)13(20)11-4-3-10-5-6-18-12(10)8-11/h2-6,8,18H,1,7,9H2. The summed E-state index contributed by atoms with van der Waals surface area (Å²) in [5.41, 5.74) is 0.924. The van der Waals surface area contributed by atoms with Crippen LogP contribution in [0.3, 0.4) is 0 Å². The number of alkyl halides is 3. The molecule has 1 aromatic heterocycles. The number of halogens is 3. The van der Waals surface area contributed by atoms with Crippen molar-refractivity contribution in [3.8, 4) is 0 Å². The molecule has 3 nitrogen and oxygen atoms in total. The van der Waals surface area contributed by atoms with Gasteiger partial charge in [-0.2, -0.15) is 13.2 Å². The summed E-state index contributed by atoms with van der Waals surface area (Å²) in [6, 6.07) is 6.58. The van der Waals surface area contributed by atoms with Crippen molar-refractivity contribution in [3.05, 3.63) is 48.7 Å². The van der Waals surface area contributed by atoms with Gasteiger partial charge in [-0.25, -0.2) is 0 Å². The highest BCUT2D eigenvalue weighted by Gasteiger charge is 2.32. The number of nitrogens with one attached hydrogen (secondary N) is 1. The first-order valence-corrected chi connectivity index (χ1v) is 5.95. The molecule has 1 N–H and O–H groups in total. The largest absolute Gasteiger partial charge is 0.406 e. The van der Waals surface area contributed by atoms with E-state index in [2.05, 4.69) is 11.6 Å². The molecule has 6 heteroatoms.